The molecule has 0 radical (unpaired) electrons. The molecule has 2 aliphatic rings. The van der Waals surface area contributed by atoms with Gasteiger partial charge in [0.15, 0.2) is 5.82 Å². The van der Waals surface area contributed by atoms with E-state index in [4.69, 9.17) is 0 Å². The second-order valence-electron chi connectivity index (χ2n) is 9.67. The van der Waals surface area contributed by atoms with Crippen LogP contribution in [0.1, 0.15) is 60.4 Å². The Bertz CT molecular complexity index is 1120. The molecule has 1 N–H and O–H groups in total. The third-order valence-electron chi connectivity index (χ3n) is 6.29. The predicted molar refractivity (Wildman–Crippen MR) is 119 cm³/mol. The van der Waals surface area contributed by atoms with E-state index < -0.39 is 0 Å². The van der Waals surface area contributed by atoms with Gasteiger partial charge in [0.05, 0.1) is 11.7 Å². The van der Waals surface area contributed by atoms with E-state index in [0.29, 0.717) is 29.2 Å². The van der Waals surface area contributed by atoms with Crippen LogP contribution in [0.15, 0.2) is 35.7 Å². The Labute approximate surface area is 173 Å². The van der Waals surface area contributed by atoms with Crippen LogP contribution in [-0.4, -0.2) is 31.3 Å². The number of nitrogens with one attached hydrogen (secondary N) is 1. The lowest BCUT2D eigenvalue weighted by Crippen LogP contribution is -2.41. The Balaban J connectivity index is 0.00000218. The van der Waals surface area contributed by atoms with E-state index in [9.17, 15) is 0 Å². The van der Waals surface area contributed by atoms with Gasteiger partial charge in [-0.2, -0.15) is 0 Å². The van der Waals surface area contributed by atoms with E-state index in [1.54, 1.807) is 0 Å². The maximum atomic E-state index is 4.67. The number of aliphatic imine (C=N–C) groups is 1. The van der Waals surface area contributed by atoms with Crippen molar-refractivity contribution in [3.63, 3.8) is 0 Å². The molecular weight excluding hydrogens is 360 g/mol. The molecule has 1 unspecified atom stereocenters. The minimum atomic E-state index is 0. The summed E-state index contributed by atoms with van der Waals surface area (Å²) >= 11 is 0. The molecule has 1 atom stereocenters. The SMILES string of the molecule is CC1=Nc2ncc(-c3ccn4nc(NC5CC(C)(C)C5)ncc34)cc2C1C(C)C.[HH]. The van der Waals surface area contributed by atoms with Crippen LogP contribution < -0.4 is 5.32 Å². The summed E-state index contributed by atoms with van der Waals surface area (Å²) in [5, 5.41) is 8.13. The van der Waals surface area contributed by atoms with Crippen molar-refractivity contribution in [1.82, 2.24) is 19.6 Å². The summed E-state index contributed by atoms with van der Waals surface area (Å²) < 4.78 is 1.91. The molecule has 5 rings (SSSR count). The second-order valence-corrected chi connectivity index (χ2v) is 9.67. The molecule has 0 spiro atoms. The number of pyridine rings is 1. The van der Waals surface area contributed by atoms with Crippen molar-refractivity contribution in [3.8, 4) is 11.1 Å². The average molecular weight is 391 g/mol. The van der Waals surface area contributed by atoms with Crippen LogP contribution in [0.5, 0.6) is 0 Å². The van der Waals surface area contributed by atoms with Crippen molar-refractivity contribution in [2.45, 2.75) is 59.4 Å². The molecule has 6 heteroatoms. The zero-order valence-electron chi connectivity index (χ0n) is 17.8. The third-order valence-corrected chi connectivity index (χ3v) is 6.29. The monoisotopic (exact) mass is 390 g/mol. The Kier molecular flexibility index (Phi) is 4.02. The Hall–Kier alpha value is -2.76. The number of hydrogen-bond acceptors (Lipinski definition) is 5. The second kappa shape index (κ2) is 6.37. The topological polar surface area (TPSA) is 67.5 Å². The number of aromatic nitrogens is 4. The third kappa shape index (κ3) is 3.11. The van der Waals surface area contributed by atoms with E-state index in [1.165, 1.54) is 5.56 Å². The van der Waals surface area contributed by atoms with Gasteiger partial charge in [0.1, 0.15) is 0 Å². The van der Waals surface area contributed by atoms with Gasteiger partial charge in [-0.3, -0.25) is 0 Å². The number of fused-ring (bicyclic) bond motifs is 2. The highest BCUT2D eigenvalue weighted by Gasteiger charge is 2.36. The van der Waals surface area contributed by atoms with Gasteiger partial charge >= 0.3 is 0 Å². The van der Waals surface area contributed by atoms with Crippen LogP contribution in [-0.2, 0) is 0 Å². The fourth-order valence-electron chi connectivity index (χ4n) is 5.02. The first-order valence-corrected chi connectivity index (χ1v) is 10.5. The molecule has 29 heavy (non-hydrogen) atoms. The summed E-state index contributed by atoms with van der Waals surface area (Å²) in [5.41, 5.74) is 5.98. The Morgan fingerprint density at radius 2 is 2.00 bits per heavy atom. The summed E-state index contributed by atoms with van der Waals surface area (Å²) in [6.45, 7) is 11.2. The van der Waals surface area contributed by atoms with Crippen LogP contribution in [0.25, 0.3) is 16.6 Å². The predicted octanol–water partition coefficient (Wildman–Crippen LogP) is 5.48. The molecule has 3 aromatic rings. The van der Waals surface area contributed by atoms with E-state index in [2.05, 4.69) is 72.1 Å². The van der Waals surface area contributed by atoms with E-state index in [-0.39, 0.29) is 1.43 Å². The van der Waals surface area contributed by atoms with E-state index >= 15 is 0 Å². The van der Waals surface area contributed by atoms with Gasteiger partial charge in [0.25, 0.3) is 0 Å². The fourth-order valence-corrected chi connectivity index (χ4v) is 5.02. The molecule has 0 amide bonds. The molecular formula is C23H30N6. The normalized spacial score (nSPS) is 20.6. The zero-order chi connectivity index (χ0) is 20.3. The Morgan fingerprint density at radius 3 is 2.72 bits per heavy atom. The minimum absolute atomic E-state index is 0. The van der Waals surface area contributed by atoms with Crippen LogP contribution in [0.2, 0.25) is 0 Å². The number of rotatable bonds is 4. The highest BCUT2D eigenvalue weighted by atomic mass is 15.3. The van der Waals surface area contributed by atoms with Crippen molar-refractivity contribution in [2.75, 3.05) is 5.32 Å². The molecule has 1 aliphatic carbocycles. The molecule has 0 bridgehead atoms. The van der Waals surface area contributed by atoms with Crippen molar-refractivity contribution >= 4 is 23.0 Å². The molecule has 6 nitrogen and oxygen atoms in total. The van der Waals surface area contributed by atoms with Crippen molar-refractivity contribution in [2.24, 2.45) is 16.3 Å². The van der Waals surface area contributed by atoms with Crippen molar-refractivity contribution in [3.05, 3.63) is 36.3 Å². The van der Waals surface area contributed by atoms with Crippen LogP contribution >= 0.6 is 0 Å². The first-order valence-electron chi connectivity index (χ1n) is 10.5. The van der Waals surface area contributed by atoms with Crippen molar-refractivity contribution < 1.29 is 1.43 Å². The summed E-state index contributed by atoms with van der Waals surface area (Å²) in [7, 11) is 0. The van der Waals surface area contributed by atoms with Crippen LogP contribution in [0, 0.1) is 11.3 Å². The average Bonchev–Trinajstić information content (AvgIpc) is 3.19. The van der Waals surface area contributed by atoms with Gasteiger partial charge in [-0.1, -0.05) is 27.7 Å². The lowest BCUT2D eigenvalue weighted by Gasteiger charge is -2.42. The molecule has 152 valence electrons. The molecule has 3 aromatic heterocycles. The summed E-state index contributed by atoms with van der Waals surface area (Å²) in [5.74, 6) is 2.39. The van der Waals surface area contributed by atoms with Gasteiger partial charge in [-0.05, 0) is 43.2 Å². The standard InChI is InChI=1S/C23H28N6.H2/c1-13(2)20-14(3)26-21-18(20)8-15(11-24-21)17-6-7-29-19(17)12-25-22(28-29)27-16-9-23(4,5)10-16;/h6-8,11-13,16,20H,9-10H2,1-5H3,(H,27,28);1H. The zero-order valence-corrected chi connectivity index (χ0v) is 17.8. The lowest BCUT2D eigenvalue weighted by molar-refractivity contribution is 0.167. The number of hydrogen-bond donors (Lipinski definition) is 1. The Morgan fingerprint density at radius 1 is 1.21 bits per heavy atom. The van der Waals surface area contributed by atoms with Crippen molar-refractivity contribution in [1.29, 1.82) is 0 Å². The maximum absolute atomic E-state index is 4.67. The number of anilines is 1. The summed E-state index contributed by atoms with van der Waals surface area (Å²) in [6, 6.07) is 4.80. The fraction of sp³-hybridized carbons (Fsp3) is 0.478. The largest absolute Gasteiger partial charge is 0.350 e. The van der Waals surface area contributed by atoms with Gasteiger partial charge in [-0.25, -0.2) is 19.5 Å². The quantitative estimate of drug-likeness (QED) is 0.640. The molecule has 1 fully saturated rings. The van der Waals surface area contributed by atoms with Gasteiger partial charge in [-0.15, -0.1) is 5.10 Å². The summed E-state index contributed by atoms with van der Waals surface area (Å²) in [4.78, 5) is 13.9. The van der Waals surface area contributed by atoms with Gasteiger partial charge < -0.3 is 5.32 Å². The smallest absolute Gasteiger partial charge is 0.241 e. The highest BCUT2D eigenvalue weighted by molar-refractivity contribution is 5.96. The molecule has 1 saturated carbocycles. The van der Waals surface area contributed by atoms with E-state index in [0.717, 1.165) is 41.0 Å². The highest BCUT2D eigenvalue weighted by Crippen LogP contribution is 2.42. The van der Waals surface area contributed by atoms with Gasteiger partial charge in [0.2, 0.25) is 5.95 Å². The molecule has 4 heterocycles. The molecule has 0 aromatic carbocycles. The maximum Gasteiger partial charge on any atom is 0.241 e. The van der Waals surface area contributed by atoms with Gasteiger partial charge in [0, 0.05) is 48.2 Å². The molecule has 0 saturated heterocycles. The van der Waals surface area contributed by atoms with Crippen LogP contribution in [0.4, 0.5) is 11.8 Å². The lowest BCUT2D eigenvalue weighted by atomic mass is 9.68. The first kappa shape index (κ1) is 18.3. The summed E-state index contributed by atoms with van der Waals surface area (Å²) in [6.07, 6.45) is 8.13. The number of nitrogens with zero attached hydrogens (tertiary/aromatic N) is 5. The minimum Gasteiger partial charge on any atom is -0.350 e. The van der Waals surface area contributed by atoms with E-state index in [1.807, 2.05) is 23.1 Å². The van der Waals surface area contributed by atoms with Crippen LogP contribution in [0.3, 0.4) is 0 Å². The first-order chi connectivity index (χ1) is 13.8. The molecule has 1 aliphatic heterocycles.